The van der Waals surface area contributed by atoms with Crippen LogP contribution in [-0.4, -0.2) is 35.7 Å². The maximum Gasteiger partial charge on any atom is 0.0589 e. The van der Waals surface area contributed by atoms with Gasteiger partial charge in [-0.3, -0.25) is 4.90 Å². The lowest BCUT2D eigenvalue weighted by atomic mass is 10.0. The highest BCUT2D eigenvalue weighted by Gasteiger charge is 2.30. The van der Waals surface area contributed by atoms with E-state index < -0.39 is 0 Å². The Labute approximate surface area is 78.8 Å². The van der Waals surface area contributed by atoms with Crippen molar-refractivity contribution < 1.29 is 5.11 Å². The average Bonchev–Trinajstić information content (AvgIpc) is 2.30. The lowest BCUT2D eigenvalue weighted by molar-refractivity contribution is 0.148. The van der Waals surface area contributed by atoms with Crippen LogP contribution in [0.4, 0.5) is 0 Å². The Morgan fingerprint density at radius 1 is 1.75 bits per heavy atom. The van der Waals surface area contributed by atoms with Gasteiger partial charge in [-0.2, -0.15) is 0 Å². The van der Waals surface area contributed by atoms with E-state index in [0.29, 0.717) is 17.5 Å². The fourth-order valence-electron chi connectivity index (χ4n) is 1.80. The van der Waals surface area contributed by atoms with E-state index in [2.05, 4.69) is 18.4 Å². The van der Waals surface area contributed by atoms with Gasteiger partial charge < -0.3 is 5.11 Å². The first kappa shape index (κ1) is 10.0. The van der Waals surface area contributed by atoms with Gasteiger partial charge in [-0.25, -0.2) is 0 Å². The summed E-state index contributed by atoms with van der Waals surface area (Å²) >= 11 is 5.71. The number of aliphatic hydroxyl groups is 1. The zero-order valence-corrected chi connectivity index (χ0v) is 8.22. The van der Waals surface area contributed by atoms with Crippen LogP contribution in [0.1, 0.15) is 13.3 Å². The minimum absolute atomic E-state index is 0.228. The summed E-state index contributed by atoms with van der Waals surface area (Å²) in [7, 11) is 0. The smallest absolute Gasteiger partial charge is 0.0589 e. The molecule has 0 saturated carbocycles. The molecule has 2 unspecified atom stereocenters. The molecule has 1 aliphatic heterocycles. The average molecular weight is 190 g/mol. The van der Waals surface area contributed by atoms with Gasteiger partial charge in [-0.05, 0) is 18.9 Å². The second-order valence-corrected chi connectivity index (χ2v) is 4.04. The van der Waals surface area contributed by atoms with Crippen LogP contribution in [0.5, 0.6) is 0 Å². The van der Waals surface area contributed by atoms with Crippen molar-refractivity contribution >= 4 is 11.6 Å². The molecule has 12 heavy (non-hydrogen) atoms. The Morgan fingerprint density at radius 2 is 2.42 bits per heavy atom. The van der Waals surface area contributed by atoms with Gasteiger partial charge in [-0.15, -0.1) is 0 Å². The number of hydrogen-bond donors (Lipinski definition) is 1. The summed E-state index contributed by atoms with van der Waals surface area (Å²) in [4.78, 5) is 2.19. The standard InChI is InChI=1S/C9H16ClNO/c1-7-3-4-11(5-8(2)10)9(7)6-12/h7,9,12H,2-6H2,1H3. The van der Waals surface area contributed by atoms with E-state index in [9.17, 15) is 0 Å². The molecule has 0 bridgehead atoms. The Morgan fingerprint density at radius 3 is 2.92 bits per heavy atom. The summed E-state index contributed by atoms with van der Waals surface area (Å²) in [5.41, 5.74) is 0. The van der Waals surface area contributed by atoms with Crippen molar-refractivity contribution in [2.24, 2.45) is 5.92 Å². The van der Waals surface area contributed by atoms with Crippen LogP contribution in [0, 0.1) is 5.92 Å². The van der Waals surface area contributed by atoms with Gasteiger partial charge in [0.25, 0.3) is 0 Å². The molecule has 1 rings (SSSR count). The van der Waals surface area contributed by atoms with Crippen molar-refractivity contribution in [2.45, 2.75) is 19.4 Å². The van der Waals surface area contributed by atoms with Gasteiger partial charge >= 0.3 is 0 Å². The molecule has 1 fully saturated rings. The third kappa shape index (κ3) is 2.22. The largest absolute Gasteiger partial charge is 0.395 e. The van der Waals surface area contributed by atoms with Crippen molar-refractivity contribution in [3.05, 3.63) is 11.6 Å². The minimum Gasteiger partial charge on any atom is -0.395 e. The second-order valence-electron chi connectivity index (χ2n) is 3.50. The predicted octanol–water partition coefficient (Wildman–Crippen LogP) is 1.44. The summed E-state index contributed by atoms with van der Waals surface area (Å²) in [6, 6.07) is 0.278. The quantitative estimate of drug-likeness (QED) is 0.727. The number of rotatable bonds is 3. The Balaban J connectivity index is 2.48. The van der Waals surface area contributed by atoms with E-state index in [1.54, 1.807) is 0 Å². The maximum absolute atomic E-state index is 9.11. The first-order chi connectivity index (χ1) is 5.65. The van der Waals surface area contributed by atoms with Crippen LogP contribution in [-0.2, 0) is 0 Å². The minimum atomic E-state index is 0.228. The topological polar surface area (TPSA) is 23.5 Å². The van der Waals surface area contributed by atoms with E-state index in [0.717, 1.165) is 13.0 Å². The summed E-state index contributed by atoms with van der Waals surface area (Å²) in [6.45, 7) is 7.78. The number of halogens is 1. The molecule has 0 amide bonds. The van der Waals surface area contributed by atoms with Gasteiger partial charge in [0.1, 0.15) is 0 Å². The second kappa shape index (κ2) is 4.26. The van der Waals surface area contributed by atoms with Gasteiger partial charge in [0.2, 0.25) is 0 Å². The fraction of sp³-hybridized carbons (Fsp3) is 0.778. The molecule has 70 valence electrons. The van der Waals surface area contributed by atoms with E-state index in [1.807, 2.05) is 0 Å². The van der Waals surface area contributed by atoms with E-state index in [-0.39, 0.29) is 12.6 Å². The third-order valence-electron chi connectivity index (χ3n) is 2.56. The number of hydrogen-bond acceptors (Lipinski definition) is 2. The maximum atomic E-state index is 9.11. The Kier molecular flexibility index (Phi) is 3.56. The van der Waals surface area contributed by atoms with E-state index in [4.69, 9.17) is 16.7 Å². The third-order valence-corrected chi connectivity index (χ3v) is 2.68. The fourth-order valence-corrected chi connectivity index (χ4v) is 1.95. The van der Waals surface area contributed by atoms with Crippen molar-refractivity contribution in [3.63, 3.8) is 0 Å². The van der Waals surface area contributed by atoms with Gasteiger partial charge in [0.05, 0.1) is 6.61 Å². The molecule has 2 atom stereocenters. The monoisotopic (exact) mass is 189 g/mol. The van der Waals surface area contributed by atoms with Crippen LogP contribution < -0.4 is 0 Å². The molecular weight excluding hydrogens is 174 g/mol. The normalized spacial score (nSPS) is 30.9. The molecule has 1 aliphatic rings. The summed E-state index contributed by atoms with van der Waals surface area (Å²) in [5, 5.41) is 9.76. The first-order valence-corrected chi connectivity index (χ1v) is 4.71. The molecule has 0 spiro atoms. The molecule has 0 radical (unpaired) electrons. The highest BCUT2D eigenvalue weighted by Crippen LogP contribution is 2.24. The molecule has 1 heterocycles. The van der Waals surface area contributed by atoms with Crippen LogP contribution in [0.15, 0.2) is 11.6 Å². The molecule has 1 N–H and O–H groups in total. The van der Waals surface area contributed by atoms with Crippen LogP contribution in [0.25, 0.3) is 0 Å². The summed E-state index contributed by atoms with van der Waals surface area (Å²) in [5.74, 6) is 0.575. The van der Waals surface area contributed by atoms with Gasteiger partial charge in [0, 0.05) is 17.6 Å². The SMILES string of the molecule is C=C(Cl)CN1CCC(C)C1CO. The van der Waals surface area contributed by atoms with Crippen molar-refractivity contribution in [1.82, 2.24) is 4.90 Å². The zero-order valence-electron chi connectivity index (χ0n) is 7.46. The first-order valence-electron chi connectivity index (χ1n) is 4.33. The number of likely N-dealkylation sites (tertiary alicyclic amines) is 1. The Hall–Kier alpha value is -0.0500. The molecule has 1 saturated heterocycles. The molecule has 2 nitrogen and oxygen atoms in total. The van der Waals surface area contributed by atoms with Crippen molar-refractivity contribution in [2.75, 3.05) is 19.7 Å². The number of nitrogens with zero attached hydrogens (tertiary/aromatic N) is 1. The van der Waals surface area contributed by atoms with Crippen LogP contribution >= 0.6 is 11.6 Å². The highest BCUT2D eigenvalue weighted by atomic mass is 35.5. The highest BCUT2D eigenvalue weighted by molar-refractivity contribution is 6.29. The summed E-state index contributed by atoms with van der Waals surface area (Å²) < 4.78 is 0. The molecule has 0 aliphatic carbocycles. The molecule has 0 aromatic rings. The van der Waals surface area contributed by atoms with E-state index >= 15 is 0 Å². The molecule has 0 aromatic heterocycles. The lowest BCUT2D eigenvalue weighted by Gasteiger charge is -2.24. The van der Waals surface area contributed by atoms with Gasteiger partial charge in [-0.1, -0.05) is 25.1 Å². The van der Waals surface area contributed by atoms with Gasteiger partial charge in [0.15, 0.2) is 0 Å². The van der Waals surface area contributed by atoms with E-state index in [1.165, 1.54) is 0 Å². The number of aliphatic hydroxyl groups excluding tert-OH is 1. The Bertz CT molecular complexity index is 172. The van der Waals surface area contributed by atoms with Crippen molar-refractivity contribution in [3.8, 4) is 0 Å². The van der Waals surface area contributed by atoms with Crippen LogP contribution in [0.2, 0.25) is 0 Å². The molecule has 0 aromatic carbocycles. The van der Waals surface area contributed by atoms with Crippen molar-refractivity contribution in [1.29, 1.82) is 0 Å². The van der Waals surface area contributed by atoms with Crippen LogP contribution in [0.3, 0.4) is 0 Å². The molecular formula is C9H16ClNO. The predicted molar refractivity (Wildman–Crippen MR) is 51.2 cm³/mol. The lowest BCUT2D eigenvalue weighted by Crippen LogP contribution is -2.35. The molecule has 3 heteroatoms. The summed E-state index contributed by atoms with van der Waals surface area (Å²) in [6.07, 6.45) is 1.15. The zero-order chi connectivity index (χ0) is 9.14.